The third kappa shape index (κ3) is 5.36. The molecule has 0 saturated carbocycles. The van der Waals surface area contributed by atoms with Crippen LogP contribution in [0, 0.1) is 11.3 Å². The second-order valence-corrected chi connectivity index (χ2v) is 8.34. The number of carbonyl (C=O) groups is 1. The zero-order valence-electron chi connectivity index (χ0n) is 19.3. The van der Waals surface area contributed by atoms with E-state index in [-0.39, 0.29) is 46.6 Å². The second kappa shape index (κ2) is 10.8. The quantitative estimate of drug-likeness (QED) is 0.216. The van der Waals surface area contributed by atoms with Crippen LogP contribution in [0.4, 0.5) is 22.4 Å². The van der Waals surface area contributed by atoms with Gasteiger partial charge in [-0.25, -0.2) is 9.78 Å². The van der Waals surface area contributed by atoms with Gasteiger partial charge >= 0.3 is 6.09 Å². The summed E-state index contributed by atoms with van der Waals surface area (Å²) in [6.07, 6.45) is -0.867. The van der Waals surface area contributed by atoms with Crippen molar-refractivity contribution in [3.05, 3.63) is 80.9 Å². The van der Waals surface area contributed by atoms with Gasteiger partial charge in [0.2, 0.25) is 5.95 Å². The summed E-state index contributed by atoms with van der Waals surface area (Å²) < 4.78 is 1.43. The van der Waals surface area contributed by atoms with E-state index in [0.717, 1.165) is 0 Å². The van der Waals surface area contributed by atoms with E-state index in [1.165, 1.54) is 4.57 Å². The molecule has 37 heavy (non-hydrogen) atoms. The van der Waals surface area contributed by atoms with E-state index >= 15 is 0 Å². The average molecular weight is 520 g/mol. The lowest BCUT2D eigenvalue weighted by atomic mass is 10.0. The third-order valence-corrected chi connectivity index (χ3v) is 5.85. The number of anilines is 3. The number of hydrogen-bond donors (Lipinski definition) is 5. The Bertz CT molecular complexity index is 1570. The van der Waals surface area contributed by atoms with Crippen LogP contribution in [0.2, 0.25) is 5.02 Å². The van der Waals surface area contributed by atoms with E-state index in [2.05, 4.69) is 20.6 Å². The Balaban J connectivity index is 1.92. The first-order chi connectivity index (χ1) is 17.8. The Morgan fingerprint density at radius 2 is 1.89 bits per heavy atom. The van der Waals surface area contributed by atoms with E-state index in [9.17, 15) is 14.9 Å². The van der Waals surface area contributed by atoms with Crippen molar-refractivity contribution in [3.8, 4) is 6.07 Å². The smallest absolute Gasteiger partial charge is 0.404 e. The first-order valence-corrected chi connectivity index (χ1v) is 11.5. The van der Waals surface area contributed by atoms with Gasteiger partial charge < -0.3 is 27.2 Å². The van der Waals surface area contributed by atoms with Crippen molar-refractivity contribution in [2.45, 2.75) is 19.0 Å². The van der Waals surface area contributed by atoms with Gasteiger partial charge in [-0.3, -0.25) is 9.36 Å². The minimum Gasteiger partial charge on any atom is -0.465 e. The number of halogens is 1. The van der Waals surface area contributed by atoms with Crippen LogP contribution in [0.1, 0.15) is 29.4 Å². The number of aromatic nitrogens is 4. The van der Waals surface area contributed by atoms with E-state index in [4.69, 9.17) is 33.2 Å². The molecule has 2 heterocycles. The summed E-state index contributed by atoms with van der Waals surface area (Å²) in [5.74, 6) is 0.128. The van der Waals surface area contributed by atoms with Crippen LogP contribution in [0.25, 0.3) is 10.9 Å². The number of nitriles is 1. The van der Waals surface area contributed by atoms with Crippen LogP contribution >= 0.6 is 11.6 Å². The van der Waals surface area contributed by atoms with Crippen molar-refractivity contribution in [1.29, 1.82) is 5.26 Å². The molecule has 188 valence electrons. The van der Waals surface area contributed by atoms with Gasteiger partial charge in [-0.1, -0.05) is 48.0 Å². The number of rotatable bonds is 8. The number of hydrogen-bond acceptors (Lipinski definition) is 9. The Morgan fingerprint density at radius 3 is 2.59 bits per heavy atom. The molecule has 7 N–H and O–H groups in total. The number of benzene rings is 2. The molecule has 4 aromatic rings. The van der Waals surface area contributed by atoms with E-state index in [0.29, 0.717) is 23.3 Å². The maximum Gasteiger partial charge on any atom is 0.404 e. The molecule has 0 aliphatic carbocycles. The van der Waals surface area contributed by atoms with Gasteiger partial charge in [-0.2, -0.15) is 15.2 Å². The molecule has 1 atom stereocenters. The zero-order chi connectivity index (χ0) is 26.5. The number of nitrogens with zero attached hydrogens (tertiary/aromatic N) is 5. The molecule has 0 radical (unpaired) electrons. The number of carboxylic acid groups (broad SMARTS) is 1. The zero-order valence-corrected chi connectivity index (χ0v) is 20.1. The molecule has 1 amide bonds. The lowest BCUT2D eigenvalue weighted by molar-refractivity contribution is 0.194. The molecular formula is C24H22ClN9O3. The summed E-state index contributed by atoms with van der Waals surface area (Å²) in [4.78, 5) is 37.4. The maximum atomic E-state index is 13.7. The molecule has 0 fully saturated rings. The standard InChI is InChI=1S/C24H22ClN9O3/c25-15-8-4-9-16-17(15)22(35)34(11-5-10-29-24(36)37)21(30-16)18(13-6-2-1-3-7-13)31-20-14(12-26)19(27)32-23(28)33-20/h1-4,6-9,18,29H,5,10-11H2,(H,36,37)(H5,27,28,31,32,33). The molecule has 4 rings (SSSR count). The Labute approximate surface area is 215 Å². The number of nitrogens with one attached hydrogen (secondary N) is 2. The minimum atomic E-state index is -1.17. The maximum absolute atomic E-state index is 13.7. The lowest BCUT2D eigenvalue weighted by Crippen LogP contribution is -2.32. The van der Waals surface area contributed by atoms with E-state index in [1.54, 1.807) is 18.2 Å². The second-order valence-electron chi connectivity index (χ2n) is 7.94. The Kier molecular flexibility index (Phi) is 7.36. The van der Waals surface area contributed by atoms with Gasteiger partial charge in [-0.15, -0.1) is 0 Å². The summed E-state index contributed by atoms with van der Waals surface area (Å²) in [7, 11) is 0. The van der Waals surface area contributed by atoms with Gasteiger partial charge in [0.15, 0.2) is 5.82 Å². The molecule has 13 heteroatoms. The average Bonchev–Trinajstić information content (AvgIpc) is 2.86. The van der Waals surface area contributed by atoms with Crippen LogP contribution < -0.4 is 27.7 Å². The normalized spacial score (nSPS) is 11.6. The molecule has 2 aromatic heterocycles. The van der Waals surface area contributed by atoms with Crippen molar-refractivity contribution < 1.29 is 9.90 Å². The van der Waals surface area contributed by atoms with Crippen molar-refractivity contribution in [1.82, 2.24) is 24.8 Å². The fourth-order valence-corrected chi connectivity index (χ4v) is 4.15. The predicted molar refractivity (Wildman–Crippen MR) is 139 cm³/mol. The summed E-state index contributed by atoms with van der Waals surface area (Å²) in [5, 5.41) is 24.5. The van der Waals surface area contributed by atoms with Crippen molar-refractivity contribution >= 4 is 46.2 Å². The van der Waals surface area contributed by atoms with E-state index < -0.39 is 17.7 Å². The first-order valence-electron chi connectivity index (χ1n) is 11.1. The molecule has 0 spiro atoms. The van der Waals surface area contributed by atoms with Crippen LogP contribution in [-0.4, -0.2) is 37.3 Å². The molecule has 0 bridgehead atoms. The molecule has 0 aliphatic heterocycles. The number of amides is 1. The van der Waals surface area contributed by atoms with Gasteiger partial charge in [0, 0.05) is 13.1 Å². The number of nitrogens with two attached hydrogens (primary N) is 2. The van der Waals surface area contributed by atoms with Gasteiger partial charge in [-0.05, 0) is 24.1 Å². The summed E-state index contributed by atoms with van der Waals surface area (Å²) in [6, 6.07) is 15.3. The summed E-state index contributed by atoms with van der Waals surface area (Å²) in [6.45, 7) is 0.246. The van der Waals surface area contributed by atoms with Crippen LogP contribution in [0.15, 0.2) is 53.3 Å². The van der Waals surface area contributed by atoms with Crippen LogP contribution in [0.3, 0.4) is 0 Å². The van der Waals surface area contributed by atoms with Gasteiger partial charge in [0.25, 0.3) is 5.56 Å². The van der Waals surface area contributed by atoms with E-state index in [1.807, 2.05) is 36.4 Å². The highest BCUT2D eigenvalue weighted by atomic mass is 35.5. The summed E-state index contributed by atoms with van der Waals surface area (Å²) in [5.41, 5.74) is 12.4. The topological polar surface area (TPSA) is 198 Å². The predicted octanol–water partition coefficient (Wildman–Crippen LogP) is 2.74. The highest BCUT2D eigenvalue weighted by Crippen LogP contribution is 2.29. The molecule has 1 unspecified atom stereocenters. The number of fused-ring (bicyclic) bond motifs is 1. The Morgan fingerprint density at radius 1 is 1.14 bits per heavy atom. The third-order valence-electron chi connectivity index (χ3n) is 5.54. The minimum absolute atomic E-state index is 0.0153. The highest BCUT2D eigenvalue weighted by molar-refractivity contribution is 6.35. The molecule has 0 saturated heterocycles. The lowest BCUT2D eigenvalue weighted by Gasteiger charge is -2.24. The fraction of sp³-hybridized carbons (Fsp3) is 0.167. The first kappa shape index (κ1) is 25.2. The molecule has 0 aliphatic rings. The van der Waals surface area contributed by atoms with Crippen molar-refractivity contribution in [3.63, 3.8) is 0 Å². The molecular weight excluding hydrogens is 498 g/mol. The Hall–Kier alpha value is -4.89. The van der Waals surface area contributed by atoms with Gasteiger partial charge in [0.05, 0.1) is 15.9 Å². The SMILES string of the molecule is N#Cc1c(N)nc(N)nc1NC(c1ccccc1)c1nc2cccc(Cl)c2c(=O)n1CCCNC(=O)O. The molecule has 12 nitrogen and oxygen atoms in total. The van der Waals surface area contributed by atoms with Crippen molar-refractivity contribution in [2.24, 2.45) is 0 Å². The summed E-state index contributed by atoms with van der Waals surface area (Å²) >= 11 is 6.35. The highest BCUT2D eigenvalue weighted by Gasteiger charge is 2.25. The monoisotopic (exact) mass is 519 g/mol. The fourth-order valence-electron chi connectivity index (χ4n) is 3.90. The molecule has 2 aromatic carbocycles. The number of nitrogen functional groups attached to an aromatic ring is 2. The van der Waals surface area contributed by atoms with Crippen LogP contribution in [0.5, 0.6) is 0 Å². The van der Waals surface area contributed by atoms with Crippen molar-refractivity contribution in [2.75, 3.05) is 23.3 Å². The largest absolute Gasteiger partial charge is 0.465 e. The van der Waals surface area contributed by atoms with Gasteiger partial charge in [0.1, 0.15) is 29.3 Å². The van der Waals surface area contributed by atoms with Crippen LogP contribution in [-0.2, 0) is 6.54 Å².